The summed E-state index contributed by atoms with van der Waals surface area (Å²) in [5.74, 6) is -1.79. The molecule has 0 unspecified atom stereocenters. The molecule has 1 heterocycles. The molecule has 0 aliphatic rings. The third-order valence-electron chi connectivity index (χ3n) is 1.75. The van der Waals surface area contributed by atoms with Crippen LogP contribution in [0, 0.1) is 5.82 Å². The topological polar surface area (TPSA) is 38.9 Å². The summed E-state index contributed by atoms with van der Waals surface area (Å²) < 4.78 is 74.4. The van der Waals surface area contributed by atoms with Gasteiger partial charge in [0.15, 0.2) is 0 Å². The van der Waals surface area contributed by atoms with E-state index in [1.165, 1.54) is 0 Å². The smallest absolute Gasteiger partial charge is 0.325 e. The zero-order valence-electron chi connectivity index (χ0n) is 7.65. The highest BCUT2D eigenvalue weighted by atomic mass is 19.4. The molecule has 1 rings (SSSR count). The summed E-state index contributed by atoms with van der Waals surface area (Å²) in [7, 11) is 0. The summed E-state index contributed by atoms with van der Waals surface area (Å²) in [5.41, 5.74) is 0.958. The van der Waals surface area contributed by atoms with Gasteiger partial charge in [-0.3, -0.25) is 0 Å². The van der Waals surface area contributed by atoms with Gasteiger partial charge in [-0.2, -0.15) is 13.2 Å². The molecule has 0 aliphatic heterocycles. The van der Waals surface area contributed by atoms with Crippen LogP contribution in [-0.4, -0.2) is 4.98 Å². The van der Waals surface area contributed by atoms with Crippen LogP contribution in [0.2, 0.25) is 0 Å². The predicted octanol–water partition coefficient (Wildman–Crippen LogP) is 2.64. The Labute approximate surface area is 86.1 Å². The molecule has 16 heavy (non-hydrogen) atoms. The first-order valence-corrected chi connectivity index (χ1v) is 4.02. The standard InChI is InChI=1S/C8H6F6N2/c9-4-1-3(2-15)16-6(7(10)11)5(4)8(12,13)14/h1,7H,2,15H2. The molecule has 0 amide bonds. The number of rotatable bonds is 2. The van der Waals surface area contributed by atoms with E-state index in [-0.39, 0.29) is 5.69 Å². The average Bonchev–Trinajstić information content (AvgIpc) is 2.14. The van der Waals surface area contributed by atoms with Crippen LogP contribution in [0.1, 0.15) is 23.4 Å². The van der Waals surface area contributed by atoms with Crippen molar-refractivity contribution in [1.29, 1.82) is 0 Å². The van der Waals surface area contributed by atoms with Crippen molar-refractivity contribution in [3.63, 3.8) is 0 Å². The van der Waals surface area contributed by atoms with E-state index in [1.54, 1.807) is 0 Å². The van der Waals surface area contributed by atoms with Crippen molar-refractivity contribution in [2.24, 2.45) is 5.73 Å². The SMILES string of the molecule is NCc1cc(F)c(C(F)(F)F)c(C(F)F)n1. The molecule has 0 aliphatic carbocycles. The van der Waals surface area contributed by atoms with E-state index in [0.717, 1.165) is 0 Å². The quantitative estimate of drug-likeness (QED) is 0.812. The monoisotopic (exact) mass is 244 g/mol. The Bertz CT molecular complexity index is 387. The van der Waals surface area contributed by atoms with Crippen molar-refractivity contribution in [3.05, 3.63) is 28.8 Å². The van der Waals surface area contributed by atoms with Gasteiger partial charge in [-0.15, -0.1) is 0 Å². The second-order valence-corrected chi connectivity index (χ2v) is 2.86. The minimum atomic E-state index is -5.21. The lowest BCUT2D eigenvalue weighted by molar-refractivity contribution is -0.142. The lowest BCUT2D eigenvalue weighted by Gasteiger charge is -2.13. The van der Waals surface area contributed by atoms with Gasteiger partial charge in [-0.05, 0) is 6.07 Å². The highest BCUT2D eigenvalue weighted by Crippen LogP contribution is 2.37. The molecule has 0 bridgehead atoms. The van der Waals surface area contributed by atoms with E-state index in [9.17, 15) is 26.3 Å². The van der Waals surface area contributed by atoms with Crippen molar-refractivity contribution < 1.29 is 26.3 Å². The molecule has 2 nitrogen and oxygen atoms in total. The van der Waals surface area contributed by atoms with Crippen molar-refractivity contribution in [2.45, 2.75) is 19.1 Å². The molecule has 0 saturated heterocycles. The molecule has 1 aromatic rings. The summed E-state index contributed by atoms with van der Waals surface area (Å²) in [6.07, 6.45) is -8.73. The predicted molar refractivity (Wildman–Crippen MR) is 42.0 cm³/mol. The highest BCUT2D eigenvalue weighted by Gasteiger charge is 2.40. The maximum absolute atomic E-state index is 13.0. The molecule has 0 atom stereocenters. The van der Waals surface area contributed by atoms with Gasteiger partial charge in [0, 0.05) is 6.54 Å². The molecule has 2 N–H and O–H groups in total. The van der Waals surface area contributed by atoms with E-state index < -0.39 is 36.2 Å². The van der Waals surface area contributed by atoms with Gasteiger partial charge in [-0.25, -0.2) is 18.2 Å². The largest absolute Gasteiger partial charge is 0.421 e. The maximum atomic E-state index is 13.0. The fourth-order valence-electron chi connectivity index (χ4n) is 1.13. The molecule has 8 heteroatoms. The van der Waals surface area contributed by atoms with Crippen LogP contribution in [0.15, 0.2) is 6.07 Å². The van der Waals surface area contributed by atoms with Crippen LogP contribution < -0.4 is 5.73 Å². The summed E-state index contributed by atoms with van der Waals surface area (Å²) in [6.45, 7) is -0.422. The summed E-state index contributed by atoms with van der Waals surface area (Å²) in [6, 6.07) is 0.398. The van der Waals surface area contributed by atoms with Crippen LogP contribution in [0.3, 0.4) is 0 Å². The average molecular weight is 244 g/mol. The molecule has 0 radical (unpaired) electrons. The normalized spacial score (nSPS) is 12.2. The van der Waals surface area contributed by atoms with Gasteiger partial charge in [0.1, 0.15) is 17.1 Å². The van der Waals surface area contributed by atoms with Gasteiger partial charge in [-0.1, -0.05) is 0 Å². The van der Waals surface area contributed by atoms with Crippen LogP contribution in [0.25, 0.3) is 0 Å². The van der Waals surface area contributed by atoms with Crippen molar-refractivity contribution in [3.8, 4) is 0 Å². The molecular formula is C8H6F6N2. The fourth-order valence-corrected chi connectivity index (χ4v) is 1.13. The second kappa shape index (κ2) is 4.28. The Hall–Kier alpha value is -1.31. The first-order chi connectivity index (χ1) is 7.27. The van der Waals surface area contributed by atoms with E-state index >= 15 is 0 Å². The van der Waals surface area contributed by atoms with E-state index in [0.29, 0.717) is 6.07 Å². The first kappa shape index (κ1) is 12.8. The minimum Gasteiger partial charge on any atom is -0.325 e. The molecule has 90 valence electrons. The Balaban J connectivity index is 3.46. The molecular weight excluding hydrogens is 238 g/mol. The van der Waals surface area contributed by atoms with Crippen LogP contribution in [-0.2, 0) is 12.7 Å². The first-order valence-electron chi connectivity index (χ1n) is 4.02. The zero-order chi connectivity index (χ0) is 12.5. The Morgan fingerprint density at radius 1 is 1.31 bits per heavy atom. The molecule has 0 fully saturated rings. The van der Waals surface area contributed by atoms with Gasteiger partial charge in [0.05, 0.1) is 5.69 Å². The number of pyridine rings is 1. The third-order valence-corrected chi connectivity index (χ3v) is 1.75. The second-order valence-electron chi connectivity index (χ2n) is 2.86. The van der Waals surface area contributed by atoms with Crippen molar-refractivity contribution in [2.75, 3.05) is 0 Å². The summed E-state index contributed by atoms with van der Waals surface area (Å²) >= 11 is 0. The maximum Gasteiger partial charge on any atom is 0.421 e. The lowest BCUT2D eigenvalue weighted by Crippen LogP contribution is -2.16. The molecule has 1 aromatic heterocycles. The number of halogens is 6. The number of hydrogen-bond donors (Lipinski definition) is 1. The lowest BCUT2D eigenvalue weighted by atomic mass is 10.1. The van der Waals surface area contributed by atoms with E-state index in [2.05, 4.69) is 4.98 Å². The number of hydrogen-bond acceptors (Lipinski definition) is 2. The molecule has 0 aromatic carbocycles. The molecule has 0 spiro atoms. The van der Waals surface area contributed by atoms with Crippen molar-refractivity contribution >= 4 is 0 Å². The fraction of sp³-hybridized carbons (Fsp3) is 0.375. The van der Waals surface area contributed by atoms with Crippen molar-refractivity contribution in [1.82, 2.24) is 4.98 Å². The number of nitrogens with two attached hydrogens (primary N) is 1. The summed E-state index contributed by atoms with van der Waals surface area (Å²) in [4.78, 5) is 2.98. The van der Waals surface area contributed by atoms with Crippen LogP contribution in [0.4, 0.5) is 26.3 Å². The molecule has 0 saturated carbocycles. The van der Waals surface area contributed by atoms with Crippen LogP contribution in [0.5, 0.6) is 0 Å². The Morgan fingerprint density at radius 3 is 2.25 bits per heavy atom. The van der Waals surface area contributed by atoms with E-state index in [4.69, 9.17) is 5.73 Å². The van der Waals surface area contributed by atoms with Crippen LogP contribution >= 0.6 is 0 Å². The van der Waals surface area contributed by atoms with Gasteiger partial charge < -0.3 is 5.73 Å². The zero-order valence-corrected chi connectivity index (χ0v) is 7.65. The third kappa shape index (κ3) is 2.43. The summed E-state index contributed by atoms with van der Waals surface area (Å²) in [5, 5.41) is 0. The number of alkyl halides is 5. The number of aromatic nitrogens is 1. The number of nitrogens with zero attached hydrogens (tertiary/aromatic N) is 1. The van der Waals surface area contributed by atoms with Gasteiger partial charge >= 0.3 is 6.18 Å². The van der Waals surface area contributed by atoms with Gasteiger partial charge in [0.2, 0.25) is 0 Å². The Morgan fingerprint density at radius 2 is 1.88 bits per heavy atom. The van der Waals surface area contributed by atoms with E-state index in [1.807, 2.05) is 0 Å². The highest BCUT2D eigenvalue weighted by molar-refractivity contribution is 5.28. The van der Waals surface area contributed by atoms with Gasteiger partial charge in [0.25, 0.3) is 6.43 Å². The minimum absolute atomic E-state index is 0.360. The Kier molecular flexibility index (Phi) is 3.41.